The first-order valence-corrected chi connectivity index (χ1v) is 8.89. The standard InChI is InChI=1S/C19H24N4O4/c1-14-11-16(23(24)25)12-20-19(14)21-13-18(22-7-9-27-10-8-22)15-3-5-17(26-2)6-4-15/h3-6,11-12,18H,7-10,13H2,1-2H3,(H,20,21). The molecule has 3 rings (SSSR count). The molecule has 2 aromatic rings. The van der Waals surface area contributed by atoms with E-state index in [4.69, 9.17) is 9.47 Å². The van der Waals surface area contributed by atoms with Crippen LogP contribution in [0.3, 0.4) is 0 Å². The Bertz CT molecular complexity index is 776. The summed E-state index contributed by atoms with van der Waals surface area (Å²) >= 11 is 0. The molecule has 1 N–H and O–H groups in total. The number of aromatic nitrogens is 1. The number of pyridine rings is 1. The van der Waals surface area contributed by atoms with Crippen LogP contribution in [0.5, 0.6) is 5.75 Å². The van der Waals surface area contributed by atoms with E-state index in [1.54, 1.807) is 7.11 Å². The molecule has 1 aromatic heterocycles. The summed E-state index contributed by atoms with van der Waals surface area (Å²) in [5.41, 5.74) is 1.92. The number of benzene rings is 1. The van der Waals surface area contributed by atoms with Crippen LogP contribution in [0.25, 0.3) is 0 Å². The van der Waals surface area contributed by atoms with Gasteiger partial charge < -0.3 is 14.8 Å². The highest BCUT2D eigenvalue weighted by Crippen LogP contribution is 2.26. The monoisotopic (exact) mass is 372 g/mol. The second-order valence-electron chi connectivity index (χ2n) is 6.43. The number of nitro groups is 1. The van der Waals surface area contributed by atoms with Crippen molar-refractivity contribution < 1.29 is 14.4 Å². The lowest BCUT2D eigenvalue weighted by Gasteiger charge is -2.35. The van der Waals surface area contributed by atoms with Crippen LogP contribution in [-0.4, -0.2) is 54.8 Å². The van der Waals surface area contributed by atoms with Crippen LogP contribution in [0.1, 0.15) is 17.2 Å². The second kappa shape index (κ2) is 8.79. The average molecular weight is 372 g/mol. The van der Waals surface area contributed by atoms with Crippen LogP contribution in [0.4, 0.5) is 11.5 Å². The van der Waals surface area contributed by atoms with Gasteiger partial charge in [0.05, 0.1) is 31.3 Å². The highest BCUT2D eigenvalue weighted by Gasteiger charge is 2.23. The summed E-state index contributed by atoms with van der Waals surface area (Å²) in [5, 5.41) is 14.2. The minimum Gasteiger partial charge on any atom is -0.497 e. The van der Waals surface area contributed by atoms with Gasteiger partial charge in [-0.3, -0.25) is 15.0 Å². The summed E-state index contributed by atoms with van der Waals surface area (Å²) in [4.78, 5) is 17.1. The normalized spacial score (nSPS) is 15.9. The molecule has 0 saturated carbocycles. The maximum Gasteiger partial charge on any atom is 0.287 e. The second-order valence-corrected chi connectivity index (χ2v) is 6.43. The zero-order valence-electron chi connectivity index (χ0n) is 15.6. The maximum atomic E-state index is 10.9. The Balaban J connectivity index is 1.77. The molecule has 1 aromatic carbocycles. The molecule has 1 aliphatic rings. The van der Waals surface area contributed by atoms with Crippen molar-refractivity contribution in [3.8, 4) is 5.75 Å². The Hall–Kier alpha value is -2.71. The van der Waals surface area contributed by atoms with Gasteiger partial charge in [0.1, 0.15) is 17.8 Å². The minimum atomic E-state index is -0.433. The Kier molecular flexibility index (Phi) is 6.20. The molecule has 2 heterocycles. The van der Waals surface area contributed by atoms with Crippen molar-refractivity contribution >= 4 is 11.5 Å². The largest absolute Gasteiger partial charge is 0.497 e. The molecular formula is C19H24N4O4. The molecule has 0 aliphatic carbocycles. The van der Waals surface area contributed by atoms with Gasteiger partial charge in [-0.05, 0) is 30.2 Å². The molecular weight excluding hydrogens is 348 g/mol. The number of methoxy groups -OCH3 is 1. The summed E-state index contributed by atoms with van der Waals surface area (Å²) in [6.07, 6.45) is 1.28. The predicted octanol–water partition coefficient (Wildman–Crippen LogP) is 2.79. The van der Waals surface area contributed by atoms with E-state index in [1.807, 2.05) is 19.1 Å². The summed E-state index contributed by atoms with van der Waals surface area (Å²) < 4.78 is 10.7. The smallest absolute Gasteiger partial charge is 0.287 e. The molecule has 8 heteroatoms. The lowest BCUT2D eigenvalue weighted by molar-refractivity contribution is -0.385. The van der Waals surface area contributed by atoms with E-state index in [2.05, 4.69) is 27.3 Å². The van der Waals surface area contributed by atoms with Crippen molar-refractivity contribution in [1.29, 1.82) is 0 Å². The van der Waals surface area contributed by atoms with Crippen molar-refractivity contribution in [2.45, 2.75) is 13.0 Å². The zero-order chi connectivity index (χ0) is 19.2. The van der Waals surface area contributed by atoms with Crippen LogP contribution in [0.15, 0.2) is 36.5 Å². The molecule has 1 unspecified atom stereocenters. The van der Waals surface area contributed by atoms with Crippen LogP contribution in [0.2, 0.25) is 0 Å². The first kappa shape index (κ1) is 19.1. The maximum absolute atomic E-state index is 10.9. The first-order chi connectivity index (χ1) is 13.1. The van der Waals surface area contributed by atoms with Crippen molar-refractivity contribution in [2.75, 3.05) is 45.3 Å². The van der Waals surface area contributed by atoms with Crippen molar-refractivity contribution in [2.24, 2.45) is 0 Å². The van der Waals surface area contributed by atoms with Gasteiger partial charge in [0, 0.05) is 25.7 Å². The third kappa shape index (κ3) is 4.72. The van der Waals surface area contributed by atoms with E-state index < -0.39 is 4.92 Å². The average Bonchev–Trinajstić information content (AvgIpc) is 2.70. The fourth-order valence-corrected chi connectivity index (χ4v) is 3.21. The van der Waals surface area contributed by atoms with E-state index in [0.717, 1.165) is 24.4 Å². The summed E-state index contributed by atoms with van der Waals surface area (Å²) in [7, 11) is 1.65. The van der Waals surface area contributed by atoms with Crippen LogP contribution < -0.4 is 10.1 Å². The van der Waals surface area contributed by atoms with Gasteiger partial charge in [0.25, 0.3) is 5.69 Å². The van der Waals surface area contributed by atoms with Gasteiger partial charge in [-0.15, -0.1) is 0 Å². The Labute approximate surface area is 158 Å². The molecule has 144 valence electrons. The first-order valence-electron chi connectivity index (χ1n) is 8.89. The van der Waals surface area contributed by atoms with Gasteiger partial charge in [-0.2, -0.15) is 0 Å². The predicted molar refractivity (Wildman–Crippen MR) is 102 cm³/mol. The lowest BCUT2D eigenvalue weighted by atomic mass is 10.0. The van der Waals surface area contributed by atoms with Crippen LogP contribution >= 0.6 is 0 Å². The number of hydrogen-bond acceptors (Lipinski definition) is 7. The van der Waals surface area contributed by atoms with E-state index in [-0.39, 0.29) is 11.7 Å². The third-order valence-electron chi connectivity index (χ3n) is 4.72. The quantitative estimate of drug-likeness (QED) is 0.590. The zero-order valence-corrected chi connectivity index (χ0v) is 15.6. The fourth-order valence-electron chi connectivity index (χ4n) is 3.21. The lowest BCUT2D eigenvalue weighted by Crippen LogP contribution is -2.41. The SMILES string of the molecule is COc1ccc(C(CNc2ncc([N+](=O)[O-])cc2C)N2CCOCC2)cc1. The van der Waals surface area contributed by atoms with Crippen LogP contribution in [0, 0.1) is 17.0 Å². The van der Waals surface area contributed by atoms with E-state index in [0.29, 0.717) is 25.6 Å². The number of aryl methyl sites for hydroxylation is 1. The molecule has 1 fully saturated rings. The molecule has 0 bridgehead atoms. The van der Waals surface area contributed by atoms with Crippen LogP contribution in [-0.2, 0) is 4.74 Å². The molecule has 1 atom stereocenters. The summed E-state index contributed by atoms with van der Waals surface area (Å²) in [6.45, 7) is 5.58. The number of nitrogens with zero attached hydrogens (tertiary/aromatic N) is 3. The Morgan fingerprint density at radius 1 is 1.33 bits per heavy atom. The Morgan fingerprint density at radius 3 is 2.63 bits per heavy atom. The van der Waals surface area contributed by atoms with Crippen molar-refractivity contribution in [1.82, 2.24) is 9.88 Å². The van der Waals surface area contributed by atoms with E-state index in [9.17, 15) is 10.1 Å². The molecule has 1 aliphatic heterocycles. The number of morpholine rings is 1. The molecule has 8 nitrogen and oxygen atoms in total. The molecule has 0 amide bonds. The highest BCUT2D eigenvalue weighted by molar-refractivity contribution is 5.48. The topological polar surface area (TPSA) is 89.8 Å². The van der Waals surface area contributed by atoms with Gasteiger partial charge in [-0.25, -0.2) is 4.98 Å². The van der Waals surface area contributed by atoms with Gasteiger partial charge >= 0.3 is 0 Å². The number of anilines is 1. The number of nitrogens with one attached hydrogen (secondary N) is 1. The van der Waals surface area contributed by atoms with Gasteiger partial charge in [0.15, 0.2) is 0 Å². The van der Waals surface area contributed by atoms with E-state index >= 15 is 0 Å². The number of hydrogen-bond donors (Lipinski definition) is 1. The molecule has 27 heavy (non-hydrogen) atoms. The number of ether oxygens (including phenoxy) is 2. The van der Waals surface area contributed by atoms with Gasteiger partial charge in [0.2, 0.25) is 0 Å². The molecule has 0 spiro atoms. The highest BCUT2D eigenvalue weighted by atomic mass is 16.6. The van der Waals surface area contributed by atoms with Crippen molar-refractivity contribution in [3.63, 3.8) is 0 Å². The summed E-state index contributed by atoms with van der Waals surface area (Å²) in [6, 6.07) is 9.72. The number of rotatable bonds is 7. The molecule has 1 saturated heterocycles. The van der Waals surface area contributed by atoms with Gasteiger partial charge in [-0.1, -0.05) is 12.1 Å². The fraction of sp³-hybridized carbons (Fsp3) is 0.421. The Morgan fingerprint density at radius 2 is 2.04 bits per heavy atom. The minimum absolute atomic E-state index is 0.00191. The van der Waals surface area contributed by atoms with E-state index in [1.165, 1.54) is 17.8 Å². The third-order valence-corrected chi connectivity index (χ3v) is 4.72. The molecule has 0 radical (unpaired) electrons. The van der Waals surface area contributed by atoms with Crippen molar-refractivity contribution in [3.05, 3.63) is 57.8 Å². The summed E-state index contributed by atoms with van der Waals surface area (Å²) in [5.74, 6) is 1.48.